The Morgan fingerprint density at radius 3 is 2.27 bits per heavy atom. The van der Waals surface area contributed by atoms with Gasteiger partial charge in [0.1, 0.15) is 5.76 Å². The highest BCUT2D eigenvalue weighted by molar-refractivity contribution is 5.39. The van der Waals surface area contributed by atoms with Crippen LogP contribution in [0, 0.1) is 0 Å². The highest BCUT2D eigenvalue weighted by atomic mass is 16.3. The van der Waals surface area contributed by atoms with Crippen LogP contribution in [0.2, 0.25) is 0 Å². The molecule has 0 rings (SSSR count). The molecule has 60 valence electrons. The smallest absolute Gasteiger partial charge is 0.111 e. The number of hydrogen-bond acceptors (Lipinski definition) is 1. The Balaban J connectivity index is 4.62. The molecule has 0 saturated heterocycles. The van der Waals surface area contributed by atoms with Crippen molar-refractivity contribution in [3.8, 4) is 0 Å². The Kier molecular flexibility index (Phi) is 4.04. The lowest BCUT2D eigenvalue weighted by molar-refractivity contribution is 0.431. The summed E-state index contributed by atoms with van der Waals surface area (Å²) in [4.78, 5) is 0. The van der Waals surface area contributed by atoms with Crippen LogP contribution in [0.4, 0.5) is 0 Å². The van der Waals surface area contributed by atoms with Gasteiger partial charge in [0.05, 0.1) is 0 Å². The summed E-state index contributed by atoms with van der Waals surface area (Å²) in [6.45, 7) is 11.0. The van der Waals surface area contributed by atoms with E-state index in [1.165, 1.54) is 0 Å². The molecule has 0 aromatic carbocycles. The Hall–Kier alpha value is -1.24. The summed E-state index contributed by atoms with van der Waals surface area (Å²) in [7, 11) is 0. The van der Waals surface area contributed by atoms with E-state index in [1.54, 1.807) is 25.2 Å². The number of aliphatic hydroxyl groups is 1. The van der Waals surface area contributed by atoms with Gasteiger partial charge in [-0.3, -0.25) is 0 Å². The fraction of sp³-hybridized carbons (Fsp3) is 0.200. The lowest BCUT2D eigenvalue weighted by Crippen LogP contribution is -1.81. The third-order valence-electron chi connectivity index (χ3n) is 1.31. The van der Waals surface area contributed by atoms with Gasteiger partial charge in [-0.15, -0.1) is 0 Å². The van der Waals surface area contributed by atoms with E-state index in [0.29, 0.717) is 0 Å². The van der Waals surface area contributed by atoms with Crippen LogP contribution in [0.25, 0.3) is 0 Å². The first-order valence-corrected chi connectivity index (χ1v) is 3.47. The molecule has 0 saturated carbocycles. The van der Waals surface area contributed by atoms with Gasteiger partial charge in [0.25, 0.3) is 0 Å². The van der Waals surface area contributed by atoms with Crippen LogP contribution in [0.15, 0.2) is 48.3 Å². The van der Waals surface area contributed by atoms with E-state index in [1.807, 2.05) is 6.92 Å². The molecule has 0 heterocycles. The molecular formula is C10H14O. The van der Waals surface area contributed by atoms with E-state index in [-0.39, 0.29) is 5.76 Å². The van der Waals surface area contributed by atoms with E-state index >= 15 is 0 Å². The van der Waals surface area contributed by atoms with Gasteiger partial charge < -0.3 is 5.11 Å². The van der Waals surface area contributed by atoms with Crippen molar-refractivity contribution < 1.29 is 5.11 Å². The van der Waals surface area contributed by atoms with Crippen LogP contribution in [0.1, 0.15) is 13.8 Å². The maximum atomic E-state index is 9.10. The van der Waals surface area contributed by atoms with Crippen molar-refractivity contribution in [3.63, 3.8) is 0 Å². The standard InChI is InChI=1S/C10H14O/c1-5-9(8(3)4)7-10(11)6-2/h5-7,11H,1,3H2,2,4H3/b9-7+,10-6+. The normalized spacial score (nSPS) is 12.9. The average Bonchev–Trinajstić information content (AvgIpc) is 1.99. The quantitative estimate of drug-likeness (QED) is 0.484. The van der Waals surface area contributed by atoms with Gasteiger partial charge in [-0.2, -0.15) is 0 Å². The monoisotopic (exact) mass is 150 g/mol. The zero-order chi connectivity index (χ0) is 8.85. The first-order valence-electron chi connectivity index (χ1n) is 3.47. The molecule has 0 aliphatic carbocycles. The number of aliphatic hydroxyl groups excluding tert-OH is 1. The molecule has 11 heavy (non-hydrogen) atoms. The maximum absolute atomic E-state index is 9.10. The van der Waals surface area contributed by atoms with Crippen LogP contribution < -0.4 is 0 Å². The van der Waals surface area contributed by atoms with Crippen molar-refractivity contribution in [2.24, 2.45) is 0 Å². The lowest BCUT2D eigenvalue weighted by Gasteiger charge is -1.98. The minimum atomic E-state index is 0.239. The Morgan fingerprint density at radius 1 is 1.45 bits per heavy atom. The summed E-state index contributed by atoms with van der Waals surface area (Å²) in [6, 6.07) is 0. The van der Waals surface area contributed by atoms with E-state index in [4.69, 9.17) is 5.11 Å². The highest BCUT2D eigenvalue weighted by Gasteiger charge is 1.92. The first-order chi connectivity index (χ1) is 5.11. The predicted octanol–water partition coefficient (Wildman–Crippen LogP) is 3.14. The molecular weight excluding hydrogens is 136 g/mol. The zero-order valence-electron chi connectivity index (χ0n) is 7.09. The van der Waals surface area contributed by atoms with E-state index < -0.39 is 0 Å². The summed E-state index contributed by atoms with van der Waals surface area (Å²) in [5.41, 5.74) is 1.76. The topological polar surface area (TPSA) is 20.2 Å². The van der Waals surface area contributed by atoms with E-state index in [2.05, 4.69) is 13.2 Å². The summed E-state index contributed by atoms with van der Waals surface area (Å²) in [6.07, 6.45) is 4.92. The van der Waals surface area contributed by atoms with Gasteiger partial charge >= 0.3 is 0 Å². The molecule has 0 fully saturated rings. The van der Waals surface area contributed by atoms with E-state index in [9.17, 15) is 0 Å². The molecule has 0 unspecified atom stereocenters. The third kappa shape index (κ3) is 3.46. The molecule has 0 aromatic heterocycles. The second-order valence-electron chi connectivity index (χ2n) is 2.30. The van der Waals surface area contributed by atoms with Gasteiger partial charge in [0.2, 0.25) is 0 Å². The molecule has 0 radical (unpaired) electrons. The van der Waals surface area contributed by atoms with Crippen molar-refractivity contribution in [3.05, 3.63) is 48.3 Å². The number of allylic oxidation sites excluding steroid dienone is 5. The summed E-state index contributed by atoms with van der Waals surface area (Å²) in [5, 5.41) is 9.10. The molecule has 0 bridgehead atoms. The summed E-state index contributed by atoms with van der Waals surface area (Å²) in [5.74, 6) is 0.239. The highest BCUT2D eigenvalue weighted by Crippen LogP contribution is 2.09. The molecule has 1 nitrogen and oxygen atoms in total. The van der Waals surface area contributed by atoms with Crippen LogP contribution in [0.3, 0.4) is 0 Å². The minimum absolute atomic E-state index is 0.239. The van der Waals surface area contributed by atoms with Crippen molar-refractivity contribution in [2.45, 2.75) is 13.8 Å². The zero-order valence-corrected chi connectivity index (χ0v) is 7.09. The molecule has 0 spiro atoms. The maximum Gasteiger partial charge on any atom is 0.111 e. The van der Waals surface area contributed by atoms with Crippen LogP contribution in [0.5, 0.6) is 0 Å². The van der Waals surface area contributed by atoms with Crippen LogP contribution in [-0.2, 0) is 0 Å². The van der Waals surface area contributed by atoms with Crippen molar-refractivity contribution >= 4 is 0 Å². The molecule has 0 aromatic rings. The van der Waals surface area contributed by atoms with Gasteiger partial charge in [0.15, 0.2) is 0 Å². The Labute approximate surface area is 68.1 Å². The third-order valence-corrected chi connectivity index (χ3v) is 1.31. The summed E-state index contributed by atoms with van der Waals surface area (Å²) >= 11 is 0. The van der Waals surface area contributed by atoms with Crippen LogP contribution >= 0.6 is 0 Å². The lowest BCUT2D eigenvalue weighted by atomic mass is 10.1. The average molecular weight is 150 g/mol. The predicted molar refractivity (Wildman–Crippen MR) is 49.5 cm³/mol. The molecule has 0 amide bonds. The van der Waals surface area contributed by atoms with E-state index in [0.717, 1.165) is 11.1 Å². The van der Waals surface area contributed by atoms with Gasteiger partial charge in [-0.05, 0) is 31.6 Å². The fourth-order valence-electron chi connectivity index (χ4n) is 0.599. The molecule has 0 aliphatic rings. The van der Waals surface area contributed by atoms with Crippen molar-refractivity contribution in [1.82, 2.24) is 0 Å². The SMILES string of the molecule is C=C/C(=C\C(O)=C/C)C(=C)C. The largest absolute Gasteiger partial charge is 0.508 e. The Morgan fingerprint density at radius 2 is 2.00 bits per heavy atom. The molecule has 1 N–H and O–H groups in total. The minimum Gasteiger partial charge on any atom is -0.508 e. The fourth-order valence-corrected chi connectivity index (χ4v) is 0.599. The van der Waals surface area contributed by atoms with Crippen molar-refractivity contribution in [1.29, 1.82) is 0 Å². The van der Waals surface area contributed by atoms with Crippen molar-refractivity contribution in [2.75, 3.05) is 0 Å². The number of hydrogen-bond donors (Lipinski definition) is 1. The summed E-state index contributed by atoms with van der Waals surface area (Å²) < 4.78 is 0. The molecule has 1 heteroatoms. The van der Waals surface area contributed by atoms with Gasteiger partial charge in [-0.25, -0.2) is 0 Å². The van der Waals surface area contributed by atoms with Gasteiger partial charge in [0, 0.05) is 0 Å². The first kappa shape index (κ1) is 9.76. The molecule has 0 aliphatic heterocycles. The number of rotatable bonds is 3. The molecule has 0 atom stereocenters. The van der Waals surface area contributed by atoms with Gasteiger partial charge in [-0.1, -0.05) is 24.8 Å². The van der Waals surface area contributed by atoms with Crippen LogP contribution in [-0.4, -0.2) is 5.11 Å². The second kappa shape index (κ2) is 4.56. The Bertz CT molecular complexity index is 219. The second-order valence-corrected chi connectivity index (χ2v) is 2.30.